The third-order valence-electron chi connectivity index (χ3n) is 7.70. The monoisotopic (exact) mass is 465 g/mol. The Labute approximate surface area is 199 Å². The average Bonchev–Trinajstić information content (AvgIpc) is 2.80. The number of nitrogens with zero attached hydrogens (tertiary/aromatic N) is 2. The van der Waals surface area contributed by atoms with Gasteiger partial charge in [0.1, 0.15) is 5.82 Å². The van der Waals surface area contributed by atoms with Gasteiger partial charge in [0.2, 0.25) is 0 Å². The molecule has 2 saturated carbocycles. The van der Waals surface area contributed by atoms with E-state index in [1.165, 1.54) is 11.6 Å². The zero-order valence-corrected chi connectivity index (χ0v) is 19.6. The number of aromatic nitrogens is 1. The van der Waals surface area contributed by atoms with Crippen LogP contribution in [-0.4, -0.2) is 28.5 Å². The molecular formula is C27H29ClFN3O. The van der Waals surface area contributed by atoms with Crippen molar-refractivity contribution >= 4 is 34.2 Å². The third-order valence-corrected chi connectivity index (χ3v) is 7.95. The minimum atomic E-state index is -0.206. The summed E-state index contributed by atoms with van der Waals surface area (Å²) in [7, 11) is 0. The van der Waals surface area contributed by atoms with Crippen LogP contribution >= 0.6 is 11.6 Å². The Morgan fingerprint density at radius 1 is 1.15 bits per heavy atom. The second-order valence-electron chi connectivity index (χ2n) is 9.62. The van der Waals surface area contributed by atoms with Gasteiger partial charge in [-0.05, 0) is 111 Å². The fraction of sp³-hybridized carbons (Fsp3) is 0.407. The van der Waals surface area contributed by atoms with Gasteiger partial charge < -0.3 is 10.2 Å². The summed E-state index contributed by atoms with van der Waals surface area (Å²) in [6.07, 6.45) is 8.49. The van der Waals surface area contributed by atoms with E-state index in [4.69, 9.17) is 11.6 Å². The number of carbonyl (C=O) groups is 1. The Morgan fingerprint density at radius 3 is 2.58 bits per heavy atom. The number of benzene rings is 2. The van der Waals surface area contributed by atoms with Crippen LogP contribution in [0.15, 0.2) is 54.7 Å². The fourth-order valence-electron chi connectivity index (χ4n) is 5.90. The van der Waals surface area contributed by atoms with Crippen molar-refractivity contribution in [2.75, 3.05) is 11.9 Å². The topological polar surface area (TPSA) is 45.2 Å². The summed E-state index contributed by atoms with van der Waals surface area (Å²) in [6, 6.07) is 14.4. The molecule has 1 spiro atoms. The quantitative estimate of drug-likeness (QED) is 0.436. The zero-order valence-electron chi connectivity index (χ0n) is 18.9. The Balaban J connectivity index is 1.20. The van der Waals surface area contributed by atoms with Crippen LogP contribution in [0.5, 0.6) is 0 Å². The first-order valence-electron chi connectivity index (χ1n) is 11.8. The molecule has 3 aromatic rings. The molecular weight excluding hydrogens is 437 g/mol. The highest BCUT2D eigenvalue weighted by Crippen LogP contribution is 2.56. The van der Waals surface area contributed by atoms with Gasteiger partial charge in [0.25, 0.3) is 0 Å². The largest absolute Gasteiger partial charge is 0.322 e. The first-order valence-corrected chi connectivity index (χ1v) is 12.2. The van der Waals surface area contributed by atoms with Crippen LogP contribution < -0.4 is 5.32 Å². The summed E-state index contributed by atoms with van der Waals surface area (Å²) in [6.45, 7) is 2.73. The molecule has 33 heavy (non-hydrogen) atoms. The second kappa shape index (κ2) is 8.94. The van der Waals surface area contributed by atoms with Crippen molar-refractivity contribution in [3.8, 4) is 0 Å². The molecule has 0 saturated heterocycles. The Bertz CT molecular complexity index is 1150. The maximum Gasteiger partial charge on any atom is 0.322 e. The minimum absolute atomic E-state index is 0.0429. The summed E-state index contributed by atoms with van der Waals surface area (Å²) in [4.78, 5) is 19.2. The van der Waals surface area contributed by atoms with E-state index in [0.717, 1.165) is 55.1 Å². The lowest BCUT2D eigenvalue weighted by atomic mass is 9.56. The van der Waals surface area contributed by atoms with Crippen molar-refractivity contribution in [2.24, 2.45) is 5.41 Å². The van der Waals surface area contributed by atoms with E-state index < -0.39 is 0 Å². The van der Waals surface area contributed by atoms with Crippen molar-refractivity contribution < 1.29 is 9.18 Å². The molecule has 0 unspecified atom stereocenters. The molecule has 0 atom stereocenters. The number of fused-ring (bicyclic) bond motifs is 1. The molecule has 4 nitrogen and oxygen atoms in total. The van der Waals surface area contributed by atoms with Gasteiger partial charge in [0.15, 0.2) is 0 Å². The molecule has 0 radical (unpaired) electrons. The van der Waals surface area contributed by atoms with Crippen LogP contribution in [0.25, 0.3) is 10.9 Å². The third kappa shape index (κ3) is 4.43. The number of anilines is 1. The lowest BCUT2D eigenvalue weighted by Gasteiger charge is -2.54. The van der Waals surface area contributed by atoms with Crippen molar-refractivity contribution in [3.63, 3.8) is 0 Å². The molecule has 172 valence electrons. The summed E-state index contributed by atoms with van der Waals surface area (Å²) in [5, 5.41) is 4.60. The Hall–Kier alpha value is -2.66. The summed E-state index contributed by atoms with van der Waals surface area (Å²) < 4.78 is 13.9. The predicted octanol–water partition coefficient (Wildman–Crippen LogP) is 7.39. The molecule has 6 heteroatoms. The van der Waals surface area contributed by atoms with Gasteiger partial charge in [-0.25, -0.2) is 9.18 Å². The molecule has 2 fully saturated rings. The number of urea groups is 1. The number of amides is 2. The highest BCUT2D eigenvalue weighted by Gasteiger charge is 2.48. The van der Waals surface area contributed by atoms with Crippen molar-refractivity contribution in [1.82, 2.24) is 9.88 Å². The summed E-state index contributed by atoms with van der Waals surface area (Å²) >= 11 is 5.94. The minimum Gasteiger partial charge on any atom is -0.322 e. The smallest absolute Gasteiger partial charge is 0.322 e. The van der Waals surface area contributed by atoms with E-state index in [0.29, 0.717) is 22.9 Å². The molecule has 1 N–H and O–H groups in total. The summed E-state index contributed by atoms with van der Waals surface area (Å²) in [5.74, 6) is 0.236. The molecule has 5 rings (SSSR count). The molecule has 1 aromatic heterocycles. The lowest BCUT2D eigenvalue weighted by Crippen LogP contribution is -2.54. The number of rotatable bonds is 4. The molecule has 2 aliphatic rings. The van der Waals surface area contributed by atoms with Crippen molar-refractivity contribution in [2.45, 2.75) is 57.4 Å². The fourth-order valence-corrected chi connectivity index (χ4v) is 6.03. The van der Waals surface area contributed by atoms with Crippen LogP contribution in [0.2, 0.25) is 5.02 Å². The normalized spacial score (nSPS) is 24.5. The number of pyridine rings is 1. The van der Waals surface area contributed by atoms with Crippen LogP contribution in [0.3, 0.4) is 0 Å². The summed E-state index contributed by atoms with van der Waals surface area (Å²) in [5.41, 5.74) is 3.19. The first-order chi connectivity index (χ1) is 16.0. The van der Waals surface area contributed by atoms with Gasteiger partial charge >= 0.3 is 6.03 Å². The van der Waals surface area contributed by atoms with E-state index in [9.17, 15) is 9.18 Å². The predicted molar refractivity (Wildman–Crippen MR) is 131 cm³/mol. The Morgan fingerprint density at radius 2 is 1.88 bits per heavy atom. The van der Waals surface area contributed by atoms with Gasteiger partial charge in [-0.15, -0.1) is 0 Å². The van der Waals surface area contributed by atoms with E-state index in [1.807, 2.05) is 30.2 Å². The molecule has 0 aliphatic heterocycles. The number of hydrogen-bond donors (Lipinski definition) is 1. The maximum absolute atomic E-state index is 13.9. The van der Waals surface area contributed by atoms with Gasteiger partial charge in [0.05, 0.1) is 5.52 Å². The molecule has 1 heterocycles. The number of halogens is 2. The number of carbonyl (C=O) groups excluding carboxylic acids is 1. The van der Waals surface area contributed by atoms with Crippen molar-refractivity contribution in [1.29, 1.82) is 0 Å². The first kappa shape index (κ1) is 22.1. The van der Waals surface area contributed by atoms with Crippen LogP contribution in [0.4, 0.5) is 14.9 Å². The van der Waals surface area contributed by atoms with E-state index in [1.54, 1.807) is 24.3 Å². The number of nitrogens with one attached hydrogen (secondary N) is 1. The van der Waals surface area contributed by atoms with E-state index in [-0.39, 0.29) is 17.9 Å². The van der Waals surface area contributed by atoms with Crippen LogP contribution in [0, 0.1) is 11.2 Å². The number of hydrogen-bond acceptors (Lipinski definition) is 2. The average molecular weight is 466 g/mol. The molecule has 2 amide bonds. The maximum atomic E-state index is 13.9. The van der Waals surface area contributed by atoms with Gasteiger partial charge in [0, 0.05) is 34.9 Å². The van der Waals surface area contributed by atoms with Crippen LogP contribution in [-0.2, 0) is 0 Å². The zero-order chi connectivity index (χ0) is 23.0. The van der Waals surface area contributed by atoms with Crippen molar-refractivity contribution in [3.05, 3.63) is 71.1 Å². The van der Waals surface area contributed by atoms with E-state index >= 15 is 0 Å². The van der Waals surface area contributed by atoms with Gasteiger partial charge in [-0.3, -0.25) is 4.98 Å². The van der Waals surface area contributed by atoms with Gasteiger partial charge in [-0.2, -0.15) is 0 Å². The highest BCUT2D eigenvalue weighted by atomic mass is 35.5. The molecule has 2 aromatic carbocycles. The lowest BCUT2D eigenvalue weighted by molar-refractivity contribution is -0.00875. The molecule has 0 bridgehead atoms. The van der Waals surface area contributed by atoms with Gasteiger partial charge in [-0.1, -0.05) is 11.6 Å². The highest BCUT2D eigenvalue weighted by molar-refractivity contribution is 6.30. The SMILES string of the molecule is CCN(C(=O)Nc1ccc(Cl)cc1)C1CC2(CCC(c3ccnc4ccc(F)cc34)CC2)C1. The van der Waals surface area contributed by atoms with E-state index in [2.05, 4.69) is 16.4 Å². The Kier molecular flexibility index (Phi) is 6.00. The standard InChI is InChI=1S/C27H29ClFN3O/c1-2-32(26(33)31-21-6-3-19(28)4-7-21)22-16-27(17-22)12-9-18(10-13-27)23-11-14-30-25-8-5-20(29)15-24(23)25/h3-8,11,14-15,18,22H,2,9-10,12-13,16-17H2,1H3,(H,31,33). The molecule has 2 aliphatic carbocycles. The van der Waals surface area contributed by atoms with Crippen LogP contribution in [0.1, 0.15) is 56.9 Å². The second-order valence-corrected chi connectivity index (χ2v) is 10.1.